The van der Waals surface area contributed by atoms with Crippen molar-refractivity contribution in [2.45, 2.75) is 13.5 Å². The normalized spacial score (nSPS) is 11.6. The fourth-order valence-corrected chi connectivity index (χ4v) is 2.44. The third kappa shape index (κ3) is 3.40. The van der Waals surface area contributed by atoms with Gasteiger partial charge in [-0.15, -0.1) is 0 Å². The van der Waals surface area contributed by atoms with E-state index in [1.54, 1.807) is 0 Å². The molecule has 2 aromatic carbocycles. The molecule has 23 heavy (non-hydrogen) atoms. The van der Waals surface area contributed by atoms with E-state index in [4.69, 9.17) is 5.73 Å². The molecule has 1 heterocycles. The number of fused-ring (bicyclic) bond motifs is 1. The molecule has 0 bridgehead atoms. The first-order valence-corrected chi connectivity index (χ1v) is 7.36. The van der Waals surface area contributed by atoms with Crippen molar-refractivity contribution in [3.05, 3.63) is 66.4 Å². The van der Waals surface area contributed by atoms with Gasteiger partial charge in [-0.25, -0.2) is 5.43 Å². The first-order valence-electron chi connectivity index (χ1n) is 7.36. The molecule has 1 aromatic heterocycles. The fraction of sp³-hybridized carbons (Fsp3) is 0.111. The van der Waals surface area contributed by atoms with Gasteiger partial charge < -0.3 is 10.3 Å². The number of carbonyl (C=O) groups is 1. The van der Waals surface area contributed by atoms with Crippen LogP contribution >= 0.6 is 0 Å². The number of nitrogens with two attached hydrogens (primary N) is 1. The number of hydrazone groups is 1. The molecule has 0 aliphatic heterocycles. The molecule has 0 radical (unpaired) electrons. The van der Waals surface area contributed by atoms with Crippen molar-refractivity contribution in [1.82, 2.24) is 9.99 Å². The molecule has 0 atom stereocenters. The Kier molecular flexibility index (Phi) is 4.10. The molecule has 0 spiro atoms. The highest BCUT2D eigenvalue weighted by Crippen LogP contribution is 2.14. The van der Waals surface area contributed by atoms with Crippen LogP contribution in [0.2, 0.25) is 0 Å². The molecule has 0 unspecified atom stereocenters. The summed E-state index contributed by atoms with van der Waals surface area (Å²) in [6.07, 6.45) is 1.90. The largest absolute Gasteiger partial charge is 0.399 e. The Labute approximate surface area is 134 Å². The first-order chi connectivity index (χ1) is 11.1. The Morgan fingerprint density at radius 2 is 2.00 bits per heavy atom. The molecule has 3 N–H and O–H groups in total. The van der Waals surface area contributed by atoms with Gasteiger partial charge in [-0.05, 0) is 42.1 Å². The predicted molar refractivity (Wildman–Crippen MR) is 93.1 cm³/mol. The summed E-state index contributed by atoms with van der Waals surface area (Å²) in [7, 11) is 0. The van der Waals surface area contributed by atoms with E-state index in [-0.39, 0.29) is 12.5 Å². The number of nitrogens with zero attached hydrogens (tertiary/aromatic N) is 2. The minimum absolute atomic E-state index is 0.172. The van der Waals surface area contributed by atoms with Crippen LogP contribution in [0.25, 0.3) is 10.9 Å². The predicted octanol–water partition coefficient (Wildman–Crippen LogP) is 2.76. The Bertz CT molecular complexity index is 879. The van der Waals surface area contributed by atoms with Gasteiger partial charge in [0, 0.05) is 17.4 Å². The summed E-state index contributed by atoms with van der Waals surface area (Å²) in [5.74, 6) is -0.172. The van der Waals surface area contributed by atoms with Gasteiger partial charge in [0.05, 0.1) is 5.71 Å². The number of nitrogens with one attached hydrogen (secondary N) is 1. The van der Waals surface area contributed by atoms with Crippen LogP contribution in [0.4, 0.5) is 5.69 Å². The van der Waals surface area contributed by atoms with Gasteiger partial charge in [0.15, 0.2) is 0 Å². The summed E-state index contributed by atoms with van der Waals surface area (Å²) in [5.41, 5.74) is 11.6. The average Bonchev–Trinajstić information content (AvgIpc) is 2.96. The van der Waals surface area contributed by atoms with Gasteiger partial charge in [0.25, 0.3) is 5.91 Å². The van der Waals surface area contributed by atoms with Crippen molar-refractivity contribution in [1.29, 1.82) is 0 Å². The third-order valence-electron chi connectivity index (χ3n) is 3.65. The van der Waals surface area contributed by atoms with Gasteiger partial charge in [-0.2, -0.15) is 5.10 Å². The minimum atomic E-state index is -0.172. The van der Waals surface area contributed by atoms with Crippen LogP contribution in [0, 0.1) is 0 Å². The van der Waals surface area contributed by atoms with Gasteiger partial charge in [0.2, 0.25) is 0 Å². The van der Waals surface area contributed by atoms with E-state index >= 15 is 0 Å². The van der Waals surface area contributed by atoms with Crippen molar-refractivity contribution in [2.24, 2.45) is 5.10 Å². The number of rotatable bonds is 4. The molecule has 0 saturated heterocycles. The van der Waals surface area contributed by atoms with E-state index in [2.05, 4.69) is 10.5 Å². The van der Waals surface area contributed by atoms with Crippen LogP contribution < -0.4 is 11.2 Å². The molecule has 1 amide bonds. The lowest BCUT2D eigenvalue weighted by Crippen LogP contribution is -2.24. The summed E-state index contributed by atoms with van der Waals surface area (Å²) in [4.78, 5) is 12.1. The van der Waals surface area contributed by atoms with Crippen molar-refractivity contribution in [3.63, 3.8) is 0 Å². The van der Waals surface area contributed by atoms with Crippen LogP contribution in [0.15, 0.2) is 65.9 Å². The fourth-order valence-electron chi connectivity index (χ4n) is 2.44. The number of amides is 1. The summed E-state index contributed by atoms with van der Waals surface area (Å²) >= 11 is 0. The number of benzene rings is 2. The molecule has 0 aliphatic rings. The molecular formula is C18H18N4O. The number of anilines is 1. The molecule has 5 nitrogen and oxygen atoms in total. The van der Waals surface area contributed by atoms with Crippen LogP contribution in [0.5, 0.6) is 0 Å². The minimum Gasteiger partial charge on any atom is -0.399 e. The quantitative estimate of drug-likeness (QED) is 0.442. The van der Waals surface area contributed by atoms with E-state index in [1.807, 2.05) is 72.3 Å². The maximum atomic E-state index is 12.1. The lowest BCUT2D eigenvalue weighted by atomic mass is 10.1. The SMILES string of the molecule is C/C(=N\NC(=O)Cn1ccc2ccccc21)c1cccc(N)c1. The van der Waals surface area contributed by atoms with E-state index in [0.29, 0.717) is 11.4 Å². The maximum absolute atomic E-state index is 12.1. The van der Waals surface area contributed by atoms with Gasteiger partial charge in [-0.3, -0.25) is 4.79 Å². The number of nitrogen functional groups attached to an aromatic ring is 1. The number of hydrogen-bond acceptors (Lipinski definition) is 3. The summed E-state index contributed by atoms with van der Waals surface area (Å²) < 4.78 is 1.90. The molecule has 0 saturated carbocycles. The van der Waals surface area contributed by atoms with Crippen molar-refractivity contribution < 1.29 is 4.79 Å². The molecule has 3 rings (SSSR count). The highest BCUT2D eigenvalue weighted by molar-refractivity contribution is 5.99. The van der Waals surface area contributed by atoms with E-state index in [0.717, 1.165) is 16.5 Å². The van der Waals surface area contributed by atoms with Crippen LogP contribution in [-0.4, -0.2) is 16.2 Å². The Balaban J connectivity index is 1.69. The van der Waals surface area contributed by atoms with E-state index in [1.165, 1.54) is 0 Å². The van der Waals surface area contributed by atoms with Crippen molar-refractivity contribution in [2.75, 3.05) is 5.73 Å². The third-order valence-corrected chi connectivity index (χ3v) is 3.65. The zero-order chi connectivity index (χ0) is 16.2. The number of para-hydroxylation sites is 1. The Hall–Kier alpha value is -3.08. The number of carbonyl (C=O) groups excluding carboxylic acids is 1. The Morgan fingerprint density at radius 1 is 1.17 bits per heavy atom. The van der Waals surface area contributed by atoms with Gasteiger partial charge in [-0.1, -0.05) is 30.3 Å². The summed E-state index contributed by atoms with van der Waals surface area (Å²) in [6.45, 7) is 2.06. The van der Waals surface area contributed by atoms with Gasteiger partial charge in [0.1, 0.15) is 6.54 Å². The number of aromatic nitrogens is 1. The Morgan fingerprint density at radius 3 is 2.83 bits per heavy atom. The first kappa shape index (κ1) is 14.8. The highest BCUT2D eigenvalue weighted by atomic mass is 16.2. The van der Waals surface area contributed by atoms with Crippen LogP contribution in [0.1, 0.15) is 12.5 Å². The van der Waals surface area contributed by atoms with E-state index in [9.17, 15) is 4.79 Å². The summed E-state index contributed by atoms with van der Waals surface area (Å²) in [6, 6.07) is 17.3. The molecule has 0 aliphatic carbocycles. The zero-order valence-corrected chi connectivity index (χ0v) is 12.9. The monoisotopic (exact) mass is 306 g/mol. The molecule has 5 heteroatoms. The molecule has 116 valence electrons. The topological polar surface area (TPSA) is 72.4 Å². The average molecular weight is 306 g/mol. The lowest BCUT2D eigenvalue weighted by molar-refractivity contribution is -0.121. The smallest absolute Gasteiger partial charge is 0.259 e. The summed E-state index contributed by atoms with van der Waals surface area (Å²) in [5, 5.41) is 5.26. The molecule has 3 aromatic rings. The lowest BCUT2D eigenvalue weighted by Gasteiger charge is -2.06. The highest BCUT2D eigenvalue weighted by Gasteiger charge is 2.06. The second kappa shape index (κ2) is 6.36. The van der Waals surface area contributed by atoms with Gasteiger partial charge >= 0.3 is 0 Å². The standard InChI is InChI=1S/C18H18N4O/c1-13(15-6-4-7-16(19)11-15)20-21-18(23)12-22-10-9-14-5-2-3-8-17(14)22/h2-11H,12,19H2,1H3,(H,21,23)/b20-13+. The van der Waals surface area contributed by atoms with E-state index < -0.39 is 0 Å². The van der Waals surface area contributed by atoms with Crippen LogP contribution in [0.3, 0.4) is 0 Å². The van der Waals surface area contributed by atoms with Crippen molar-refractivity contribution >= 4 is 28.2 Å². The zero-order valence-electron chi connectivity index (χ0n) is 12.9. The van der Waals surface area contributed by atoms with Crippen LogP contribution in [-0.2, 0) is 11.3 Å². The molecular weight excluding hydrogens is 288 g/mol. The molecule has 0 fully saturated rings. The second-order valence-electron chi connectivity index (χ2n) is 5.36. The maximum Gasteiger partial charge on any atom is 0.259 e. The van der Waals surface area contributed by atoms with Crippen molar-refractivity contribution in [3.8, 4) is 0 Å². The number of hydrogen-bond donors (Lipinski definition) is 2. The second-order valence-corrected chi connectivity index (χ2v) is 5.36.